The Hall–Kier alpha value is -2.64. The fourth-order valence-electron chi connectivity index (χ4n) is 1.63. The van der Waals surface area contributed by atoms with Crippen molar-refractivity contribution in [2.45, 2.75) is 13.1 Å². The zero-order chi connectivity index (χ0) is 16.2. The van der Waals surface area contributed by atoms with Crippen LogP contribution in [-0.4, -0.2) is 28.9 Å². The Morgan fingerprint density at radius 3 is 2.32 bits per heavy atom. The summed E-state index contributed by atoms with van der Waals surface area (Å²) in [4.78, 5) is 10.8. The first-order valence-corrected chi connectivity index (χ1v) is 6.35. The number of nitrogens with one attached hydrogen (secondary N) is 1. The minimum Gasteiger partial charge on any atom is -0.477 e. The number of rotatable bonds is 4. The van der Waals surface area contributed by atoms with Gasteiger partial charge in [0.15, 0.2) is 0 Å². The van der Waals surface area contributed by atoms with Gasteiger partial charge in [0.05, 0.1) is 12.3 Å². The number of amides is 1. The van der Waals surface area contributed by atoms with Crippen LogP contribution in [0.3, 0.4) is 0 Å². The SMILES string of the molecule is CCOc1ccc(-c2ccc(NC(=O)C(F)(F)F)cc2)nn1. The standard InChI is InChI=1S/C14H12F3N3O2/c1-2-22-12-8-7-11(19-20-12)9-3-5-10(6-4-9)18-13(21)14(15,16)17/h3-8H,2H2,1H3,(H,18,21). The van der Waals surface area contributed by atoms with Crippen LogP contribution in [0, 0.1) is 0 Å². The molecule has 1 N–H and O–H groups in total. The lowest BCUT2D eigenvalue weighted by molar-refractivity contribution is -0.167. The summed E-state index contributed by atoms with van der Waals surface area (Å²) in [6.45, 7) is 2.30. The Morgan fingerprint density at radius 2 is 1.82 bits per heavy atom. The maximum Gasteiger partial charge on any atom is 0.471 e. The van der Waals surface area contributed by atoms with E-state index < -0.39 is 12.1 Å². The second kappa shape index (κ2) is 6.42. The first-order chi connectivity index (χ1) is 10.4. The van der Waals surface area contributed by atoms with Crippen molar-refractivity contribution < 1.29 is 22.7 Å². The molecule has 22 heavy (non-hydrogen) atoms. The van der Waals surface area contributed by atoms with Gasteiger partial charge in [0.1, 0.15) is 0 Å². The summed E-state index contributed by atoms with van der Waals surface area (Å²) in [6.07, 6.45) is -4.92. The summed E-state index contributed by atoms with van der Waals surface area (Å²) in [7, 11) is 0. The number of nitrogens with zero attached hydrogens (tertiary/aromatic N) is 2. The first-order valence-electron chi connectivity index (χ1n) is 6.35. The zero-order valence-electron chi connectivity index (χ0n) is 11.5. The highest BCUT2D eigenvalue weighted by Crippen LogP contribution is 2.22. The molecular formula is C14H12F3N3O2. The van der Waals surface area contributed by atoms with E-state index in [9.17, 15) is 18.0 Å². The fourth-order valence-corrected chi connectivity index (χ4v) is 1.63. The zero-order valence-corrected chi connectivity index (χ0v) is 11.5. The van der Waals surface area contributed by atoms with Crippen molar-refractivity contribution in [2.75, 3.05) is 11.9 Å². The van der Waals surface area contributed by atoms with Gasteiger partial charge in [-0.25, -0.2) is 0 Å². The summed E-state index contributed by atoms with van der Waals surface area (Å²) >= 11 is 0. The third kappa shape index (κ3) is 3.94. The van der Waals surface area contributed by atoms with Gasteiger partial charge in [-0.1, -0.05) is 12.1 Å². The highest BCUT2D eigenvalue weighted by atomic mass is 19.4. The summed E-state index contributed by atoms with van der Waals surface area (Å²) in [5.41, 5.74) is 1.24. The van der Waals surface area contributed by atoms with Gasteiger partial charge in [-0.2, -0.15) is 13.2 Å². The van der Waals surface area contributed by atoms with Crippen molar-refractivity contribution in [1.29, 1.82) is 0 Å². The van der Waals surface area contributed by atoms with E-state index in [4.69, 9.17) is 4.74 Å². The monoisotopic (exact) mass is 311 g/mol. The van der Waals surface area contributed by atoms with Gasteiger partial charge in [-0.15, -0.1) is 10.2 Å². The van der Waals surface area contributed by atoms with E-state index in [1.165, 1.54) is 24.3 Å². The molecule has 0 aliphatic heterocycles. The Labute approximate surface area is 124 Å². The van der Waals surface area contributed by atoms with Crippen LogP contribution in [-0.2, 0) is 4.79 Å². The van der Waals surface area contributed by atoms with E-state index in [2.05, 4.69) is 10.2 Å². The maximum absolute atomic E-state index is 12.1. The summed E-state index contributed by atoms with van der Waals surface area (Å²) in [5.74, 6) is -1.62. The van der Waals surface area contributed by atoms with Gasteiger partial charge in [0.2, 0.25) is 5.88 Å². The predicted molar refractivity (Wildman–Crippen MR) is 73.3 cm³/mol. The number of aromatic nitrogens is 2. The molecule has 5 nitrogen and oxygen atoms in total. The van der Waals surface area contributed by atoms with Gasteiger partial charge in [-0.3, -0.25) is 4.79 Å². The molecule has 8 heteroatoms. The molecule has 0 bridgehead atoms. The Balaban J connectivity index is 2.10. The molecule has 0 aliphatic carbocycles. The molecule has 1 aromatic heterocycles. The van der Waals surface area contributed by atoms with Crippen molar-refractivity contribution >= 4 is 11.6 Å². The molecule has 0 aliphatic rings. The highest BCUT2D eigenvalue weighted by molar-refractivity contribution is 5.95. The molecule has 1 aromatic carbocycles. The molecule has 1 amide bonds. The minimum absolute atomic E-state index is 0.0463. The number of carbonyl (C=O) groups excluding carboxylic acids is 1. The molecule has 2 aromatic rings. The number of ether oxygens (including phenoxy) is 1. The number of anilines is 1. The quantitative estimate of drug-likeness (QED) is 0.942. The van der Waals surface area contributed by atoms with E-state index in [0.717, 1.165) is 0 Å². The van der Waals surface area contributed by atoms with Crippen molar-refractivity contribution in [3.8, 4) is 17.1 Å². The second-order valence-corrected chi connectivity index (χ2v) is 4.22. The Bertz CT molecular complexity index is 640. The molecule has 0 saturated carbocycles. The van der Waals surface area contributed by atoms with Crippen LogP contribution in [0.2, 0.25) is 0 Å². The maximum atomic E-state index is 12.1. The molecular weight excluding hydrogens is 299 g/mol. The third-order valence-corrected chi connectivity index (χ3v) is 2.63. The van der Waals surface area contributed by atoms with Crippen LogP contribution in [0.15, 0.2) is 36.4 Å². The number of hydrogen-bond donors (Lipinski definition) is 1. The predicted octanol–water partition coefficient (Wildman–Crippen LogP) is 3.04. The molecule has 0 atom stereocenters. The number of halogens is 3. The average molecular weight is 311 g/mol. The molecule has 116 valence electrons. The lowest BCUT2D eigenvalue weighted by Gasteiger charge is -2.08. The van der Waals surface area contributed by atoms with E-state index >= 15 is 0 Å². The van der Waals surface area contributed by atoms with E-state index in [1.54, 1.807) is 17.4 Å². The minimum atomic E-state index is -4.92. The summed E-state index contributed by atoms with van der Waals surface area (Å²) in [6, 6.07) is 9.12. The van der Waals surface area contributed by atoms with Crippen LogP contribution in [0.5, 0.6) is 5.88 Å². The van der Waals surface area contributed by atoms with Gasteiger partial charge >= 0.3 is 12.1 Å². The fraction of sp³-hybridized carbons (Fsp3) is 0.214. The van der Waals surface area contributed by atoms with Crippen molar-refractivity contribution in [1.82, 2.24) is 10.2 Å². The lowest BCUT2D eigenvalue weighted by atomic mass is 10.1. The molecule has 1 heterocycles. The molecule has 0 radical (unpaired) electrons. The van der Waals surface area contributed by atoms with Gasteiger partial charge in [0, 0.05) is 17.3 Å². The third-order valence-electron chi connectivity index (χ3n) is 2.63. The van der Waals surface area contributed by atoms with Gasteiger partial charge in [0.25, 0.3) is 0 Å². The molecule has 0 saturated heterocycles. The van der Waals surface area contributed by atoms with Crippen LogP contribution >= 0.6 is 0 Å². The topological polar surface area (TPSA) is 64.1 Å². The van der Waals surface area contributed by atoms with Crippen LogP contribution in [0.4, 0.5) is 18.9 Å². The van der Waals surface area contributed by atoms with Crippen LogP contribution in [0.25, 0.3) is 11.3 Å². The van der Waals surface area contributed by atoms with Crippen LogP contribution in [0.1, 0.15) is 6.92 Å². The number of alkyl halides is 3. The number of carbonyl (C=O) groups is 1. The molecule has 0 unspecified atom stereocenters. The van der Waals surface area contributed by atoms with Crippen molar-refractivity contribution in [3.63, 3.8) is 0 Å². The molecule has 2 rings (SSSR count). The first kappa shape index (κ1) is 15.7. The number of hydrogen-bond acceptors (Lipinski definition) is 4. The Morgan fingerprint density at radius 1 is 1.14 bits per heavy atom. The smallest absolute Gasteiger partial charge is 0.471 e. The van der Waals surface area contributed by atoms with E-state index in [-0.39, 0.29) is 5.69 Å². The normalized spacial score (nSPS) is 11.1. The summed E-state index contributed by atoms with van der Waals surface area (Å²) in [5, 5.41) is 9.58. The highest BCUT2D eigenvalue weighted by Gasteiger charge is 2.38. The second-order valence-electron chi connectivity index (χ2n) is 4.22. The lowest BCUT2D eigenvalue weighted by Crippen LogP contribution is -2.29. The largest absolute Gasteiger partial charge is 0.477 e. The Kier molecular flexibility index (Phi) is 4.59. The number of benzene rings is 1. The van der Waals surface area contributed by atoms with Gasteiger partial charge < -0.3 is 10.1 Å². The van der Waals surface area contributed by atoms with Crippen LogP contribution < -0.4 is 10.1 Å². The average Bonchev–Trinajstić information content (AvgIpc) is 2.48. The molecule has 0 spiro atoms. The van der Waals surface area contributed by atoms with Crippen molar-refractivity contribution in [2.24, 2.45) is 0 Å². The van der Waals surface area contributed by atoms with E-state index in [0.29, 0.717) is 23.7 Å². The van der Waals surface area contributed by atoms with E-state index in [1.807, 2.05) is 6.92 Å². The molecule has 0 fully saturated rings. The summed E-state index contributed by atoms with van der Waals surface area (Å²) < 4.78 is 41.6. The van der Waals surface area contributed by atoms with Crippen molar-refractivity contribution in [3.05, 3.63) is 36.4 Å². The van der Waals surface area contributed by atoms with Gasteiger partial charge in [-0.05, 0) is 25.1 Å².